The maximum Gasteiger partial charge on any atom is 0.217 e. The van der Waals surface area contributed by atoms with E-state index in [2.05, 4.69) is 31.2 Å². The monoisotopic (exact) mass is 353 g/mol. The van der Waals surface area contributed by atoms with Gasteiger partial charge < -0.3 is 24.2 Å². The molecule has 0 bridgehead atoms. The van der Waals surface area contributed by atoms with Crippen LogP contribution >= 0.6 is 18.9 Å². The van der Waals surface area contributed by atoms with E-state index in [0.717, 1.165) is 12.8 Å². The molecular formula is C14H29NO5P2. The number of nitrogens with one attached hydrogen (secondary N) is 1. The van der Waals surface area contributed by atoms with Crippen LogP contribution in [-0.4, -0.2) is 47.6 Å². The molecule has 0 radical (unpaired) electrons. The highest BCUT2D eigenvalue weighted by Gasteiger charge is 2.46. The van der Waals surface area contributed by atoms with E-state index in [9.17, 15) is 9.90 Å². The average Bonchev–Trinajstić information content (AvgIpc) is 2.44. The van der Waals surface area contributed by atoms with Crippen molar-refractivity contribution in [1.29, 1.82) is 0 Å². The van der Waals surface area contributed by atoms with Crippen LogP contribution in [0.15, 0.2) is 0 Å². The predicted molar refractivity (Wildman–Crippen MR) is 91.2 cm³/mol. The molecule has 0 aromatic rings. The molecule has 0 aromatic heterocycles. The van der Waals surface area contributed by atoms with Gasteiger partial charge in [-0.15, -0.1) is 0 Å². The normalized spacial score (nSPS) is 30.6. The van der Waals surface area contributed by atoms with Gasteiger partial charge >= 0.3 is 0 Å². The summed E-state index contributed by atoms with van der Waals surface area (Å²) < 4.78 is 16.3. The van der Waals surface area contributed by atoms with E-state index in [4.69, 9.17) is 13.8 Å². The Balaban J connectivity index is 3.03. The van der Waals surface area contributed by atoms with Crippen LogP contribution in [0.1, 0.15) is 40.5 Å². The first-order chi connectivity index (χ1) is 10.3. The number of carbonyl (C=O) groups is 1. The molecular weight excluding hydrogens is 324 g/mol. The van der Waals surface area contributed by atoms with Gasteiger partial charge in [0.25, 0.3) is 0 Å². The van der Waals surface area contributed by atoms with E-state index in [1.54, 1.807) is 0 Å². The Bertz CT molecular complexity index is 369. The molecule has 0 saturated carbocycles. The smallest absolute Gasteiger partial charge is 0.217 e. The Kier molecular flexibility index (Phi) is 8.15. The van der Waals surface area contributed by atoms with Crippen molar-refractivity contribution in [1.82, 2.24) is 5.32 Å². The van der Waals surface area contributed by atoms with Gasteiger partial charge in [-0.3, -0.25) is 4.79 Å². The molecule has 1 rings (SSSR count). The third kappa shape index (κ3) is 5.36. The molecule has 0 aromatic carbocycles. The first kappa shape index (κ1) is 20.2. The summed E-state index contributed by atoms with van der Waals surface area (Å²) in [6.45, 7) is 7.77. The molecule has 0 aliphatic carbocycles. The summed E-state index contributed by atoms with van der Waals surface area (Å²) in [7, 11) is 4.29. The second-order valence-corrected chi connectivity index (χ2v) is 7.04. The Morgan fingerprint density at radius 2 is 2.14 bits per heavy atom. The number of aliphatic hydroxyl groups excluding tert-OH is 1. The highest BCUT2D eigenvalue weighted by molar-refractivity contribution is 7.10. The Morgan fingerprint density at radius 1 is 1.50 bits per heavy atom. The molecule has 1 amide bonds. The van der Waals surface area contributed by atoms with E-state index in [1.807, 2.05) is 13.8 Å². The maximum atomic E-state index is 11.6. The summed E-state index contributed by atoms with van der Waals surface area (Å²) in [5.74, 6) is 0.101. The minimum Gasteiger partial charge on any atom is -0.388 e. The van der Waals surface area contributed by atoms with Crippen LogP contribution in [-0.2, 0) is 18.6 Å². The van der Waals surface area contributed by atoms with E-state index in [1.165, 1.54) is 6.92 Å². The molecule has 1 aliphatic rings. The van der Waals surface area contributed by atoms with Crippen LogP contribution in [0.5, 0.6) is 0 Å². The van der Waals surface area contributed by atoms with E-state index < -0.39 is 18.3 Å². The Labute approximate surface area is 137 Å². The van der Waals surface area contributed by atoms with E-state index in [-0.39, 0.29) is 30.1 Å². The van der Waals surface area contributed by atoms with Crippen molar-refractivity contribution >= 4 is 24.8 Å². The van der Waals surface area contributed by atoms with E-state index >= 15 is 0 Å². The molecule has 7 unspecified atom stereocenters. The molecule has 1 fully saturated rings. The number of aliphatic hydroxyl groups is 1. The second-order valence-electron chi connectivity index (χ2n) is 6.44. The number of rotatable bonds is 7. The van der Waals surface area contributed by atoms with Crippen molar-refractivity contribution in [3.63, 3.8) is 0 Å². The minimum absolute atomic E-state index is 0.130. The van der Waals surface area contributed by atoms with Gasteiger partial charge in [0, 0.05) is 25.9 Å². The predicted octanol–water partition coefficient (Wildman–Crippen LogP) is 1.43. The van der Waals surface area contributed by atoms with Crippen LogP contribution in [0.4, 0.5) is 0 Å². The van der Waals surface area contributed by atoms with Crippen LogP contribution < -0.4 is 5.32 Å². The minimum atomic E-state index is -0.913. The standard InChI is InChI=1S/C14H29NO5P2/c1-5-9-6-14(3,4)19-13(11(9)15-8(2)16)12(17)10(20-22)7-18-21/h9-13,17H,5-7,21-22H2,1-4H3,(H,15,16). The molecule has 1 aliphatic heterocycles. The third-order valence-corrected chi connectivity index (χ3v) is 4.66. The number of amides is 1. The van der Waals surface area contributed by atoms with Gasteiger partial charge in [-0.25, -0.2) is 0 Å². The van der Waals surface area contributed by atoms with Crippen molar-refractivity contribution < 1.29 is 23.7 Å². The summed E-state index contributed by atoms with van der Waals surface area (Å²) in [5, 5.41) is 13.6. The zero-order valence-electron chi connectivity index (χ0n) is 13.7. The fourth-order valence-corrected chi connectivity index (χ4v) is 3.59. The first-order valence-corrected chi connectivity index (χ1v) is 8.50. The first-order valence-electron chi connectivity index (χ1n) is 7.56. The second kappa shape index (κ2) is 8.86. The molecule has 6 nitrogen and oxygen atoms in total. The maximum absolute atomic E-state index is 11.6. The van der Waals surface area contributed by atoms with Crippen molar-refractivity contribution in [3.05, 3.63) is 0 Å². The van der Waals surface area contributed by atoms with Crippen LogP contribution in [0.25, 0.3) is 0 Å². The topological polar surface area (TPSA) is 77.0 Å². The van der Waals surface area contributed by atoms with Gasteiger partial charge in [0.05, 0.1) is 18.2 Å². The largest absolute Gasteiger partial charge is 0.388 e. The average molecular weight is 353 g/mol. The molecule has 1 heterocycles. The molecule has 2 N–H and O–H groups in total. The number of hydrogen-bond donors (Lipinski definition) is 2. The fourth-order valence-electron chi connectivity index (χ4n) is 3.16. The van der Waals surface area contributed by atoms with Crippen molar-refractivity contribution in [3.8, 4) is 0 Å². The van der Waals surface area contributed by atoms with Gasteiger partial charge in [0.1, 0.15) is 18.3 Å². The highest BCUT2D eigenvalue weighted by atomic mass is 31.0. The van der Waals surface area contributed by atoms with Crippen molar-refractivity contribution in [2.45, 2.75) is 70.5 Å². The number of hydrogen-bond acceptors (Lipinski definition) is 5. The molecule has 8 heteroatoms. The summed E-state index contributed by atoms with van der Waals surface area (Å²) in [6.07, 6.45) is -0.306. The summed E-state index contributed by atoms with van der Waals surface area (Å²) in [6, 6.07) is -0.252. The quantitative estimate of drug-likeness (QED) is 0.677. The zero-order chi connectivity index (χ0) is 16.9. The summed E-state index contributed by atoms with van der Waals surface area (Å²) in [5.41, 5.74) is -0.367. The van der Waals surface area contributed by atoms with E-state index in [0.29, 0.717) is 0 Å². The van der Waals surface area contributed by atoms with Gasteiger partial charge in [-0.1, -0.05) is 13.3 Å². The molecule has 7 atom stereocenters. The fraction of sp³-hybridized carbons (Fsp3) is 0.929. The lowest BCUT2D eigenvalue weighted by Gasteiger charge is -2.48. The van der Waals surface area contributed by atoms with Gasteiger partial charge in [0.15, 0.2) is 0 Å². The molecule has 0 spiro atoms. The SMILES string of the molecule is CCC1CC(C)(C)OC(C(O)C(COP)OP)C1NC(C)=O. The third-order valence-electron chi connectivity index (χ3n) is 4.12. The van der Waals surface area contributed by atoms with Crippen LogP contribution in [0, 0.1) is 5.92 Å². The Hall–Kier alpha value is 0.170. The van der Waals surface area contributed by atoms with Crippen molar-refractivity contribution in [2.75, 3.05) is 6.61 Å². The lowest BCUT2D eigenvalue weighted by atomic mass is 9.78. The van der Waals surface area contributed by atoms with Crippen LogP contribution in [0.3, 0.4) is 0 Å². The lowest BCUT2D eigenvalue weighted by Crippen LogP contribution is -2.62. The highest BCUT2D eigenvalue weighted by Crippen LogP contribution is 2.36. The van der Waals surface area contributed by atoms with Gasteiger partial charge in [0.2, 0.25) is 5.91 Å². The molecule has 1 saturated heterocycles. The summed E-state index contributed by atoms with van der Waals surface area (Å²) in [4.78, 5) is 11.6. The number of ether oxygens (including phenoxy) is 1. The van der Waals surface area contributed by atoms with Crippen molar-refractivity contribution in [2.24, 2.45) is 5.92 Å². The zero-order valence-corrected chi connectivity index (χ0v) is 16.1. The number of carbonyl (C=O) groups excluding carboxylic acids is 1. The Morgan fingerprint density at radius 3 is 2.59 bits per heavy atom. The molecule has 130 valence electrons. The van der Waals surface area contributed by atoms with Gasteiger partial charge in [-0.05, 0) is 26.2 Å². The molecule has 22 heavy (non-hydrogen) atoms. The van der Waals surface area contributed by atoms with Gasteiger partial charge in [-0.2, -0.15) is 0 Å². The summed E-state index contributed by atoms with van der Waals surface area (Å²) >= 11 is 0. The van der Waals surface area contributed by atoms with Crippen LogP contribution in [0.2, 0.25) is 0 Å². The lowest BCUT2D eigenvalue weighted by molar-refractivity contribution is -0.195.